The molecule has 1 atom stereocenters. The summed E-state index contributed by atoms with van der Waals surface area (Å²) in [5.74, 6) is 3.13. The number of rotatable bonds is 4. The van der Waals surface area contributed by atoms with Gasteiger partial charge < -0.3 is 10.6 Å². The van der Waals surface area contributed by atoms with Gasteiger partial charge in [-0.3, -0.25) is 0 Å². The average molecular weight is 236 g/mol. The summed E-state index contributed by atoms with van der Waals surface area (Å²) in [7, 11) is 2.27. The fraction of sp³-hybridized carbons (Fsp3) is 1.00. The maximum atomic E-state index is 6.13. The summed E-state index contributed by atoms with van der Waals surface area (Å²) in [5, 5.41) is 0. The molecule has 4 saturated carbocycles. The summed E-state index contributed by atoms with van der Waals surface area (Å²) in [5.41, 5.74) is 6.72. The highest BCUT2D eigenvalue weighted by atomic mass is 15.1. The van der Waals surface area contributed by atoms with Gasteiger partial charge >= 0.3 is 0 Å². The zero-order chi connectivity index (χ0) is 12.0. The van der Waals surface area contributed by atoms with Gasteiger partial charge in [-0.15, -0.1) is 0 Å². The van der Waals surface area contributed by atoms with Gasteiger partial charge in [0.25, 0.3) is 0 Å². The van der Waals surface area contributed by atoms with Crippen LogP contribution >= 0.6 is 0 Å². The van der Waals surface area contributed by atoms with Crippen LogP contribution in [0.1, 0.15) is 45.4 Å². The molecular formula is C15H28N2. The minimum absolute atomic E-state index is 0.592. The van der Waals surface area contributed by atoms with Crippen molar-refractivity contribution in [2.24, 2.45) is 28.9 Å². The standard InChI is InChI=1S/C15H28N2/c1-3-17(2)14(10-16)15-7-11-4-12(8-15)6-13(5-11)9-15/h11-14H,3-10,16H2,1-2H3. The van der Waals surface area contributed by atoms with Gasteiger partial charge in [0, 0.05) is 12.6 Å². The van der Waals surface area contributed by atoms with E-state index in [-0.39, 0.29) is 0 Å². The van der Waals surface area contributed by atoms with Crippen molar-refractivity contribution in [3.63, 3.8) is 0 Å². The monoisotopic (exact) mass is 236 g/mol. The van der Waals surface area contributed by atoms with Crippen molar-refractivity contribution in [3.8, 4) is 0 Å². The molecule has 4 fully saturated rings. The number of nitrogens with two attached hydrogens (primary N) is 1. The Balaban J connectivity index is 1.85. The largest absolute Gasteiger partial charge is 0.329 e. The molecule has 0 aromatic carbocycles. The summed E-state index contributed by atoms with van der Waals surface area (Å²) in [6.07, 6.45) is 9.03. The first-order chi connectivity index (χ1) is 8.16. The maximum Gasteiger partial charge on any atom is 0.0271 e. The van der Waals surface area contributed by atoms with Crippen LogP contribution in [0.5, 0.6) is 0 Å². The average Bonchev–Trinajstić information content (AvgIpc) is 2.27. The van der Waals surface area contributed by atoms with Crippen molar-refractivity contribution in [2.45, 2.75) is 51.5 Å². The second-order valence-electron chi connectivity index (χ2n) is 7.10. The van der Waals surface area contributed by atoms with Crippen LogP contribution in [0.15, 0.2) is 0 Å². The van der Waals surface area contributed by atoms with Gasteiger partial charge in [0.05, 0.1) is 0 Å². The minimum atomic E-state index is 0.592. The van der Waals surface area contributed by atoms with E-state index in [0.29, 0.717) is 11.5 Å². The van der Waals surface area contributed by atoms with E-state index in [9.17, 15) is 0 Å². The molecule has 2 nitrogen and oxygen atoms in total. The van der Waals surface area contributed by atoms with Gasteiger partial charge in [-0.1, -0.05) is 6.92 Å². The Morgan fingerprint density at radius 1 is 1.12 bits per heavy atom. The molecule has 0 aromatic rings. The maximum absolute atomic E-state index is 6.13. The molecule has 1 unspecified atom stereocenters. The van der Waals surface area contributed by atoms with E-state index >= 15 is 0 Å². The van der Waals surface area contributed by atoms with Crippen LogP contribution in [0.3, 0.4) is 0 Å². The van der Waals surface area contributed by atoms with Crippen molar-refractivity contribution in [1.82, 2.24) is 4.90 Å². The lowest BCUT2D eigenvalue weighted by molar-refractivity contribution is -0.0939. The molecule has 98 valence electrons. The molecule has 0 radical (unpaired) electrons. The van der Waals surface area contributed by atoms with Gasteiger partial charge in [0.15, 0.2) is 0 Å². The van der Waals surface area contributed by atoms with Gasteiger partial charge in [-0.25, -0.2) is 0 Å². The van der Waals surface area contributed by atoms with Crippen LogP contribution in [0, 0.1) is 23.2 Å². The van der Waals surface area contributed by atoms with Gasteiger partial charge in [-0.05, 0) is 75.3 Å². The number of hydrogen-bond donors (Lipinski definition) is 1. The first-order valence-electron chi connectivity index (χ1n) is 7.57. The summed E-state index contributed by atoms with van der Waals surface area (Å²) < 4.78 is 0. The van der Waals surface area contributed by atoms with Crippen molar-refractivity contribution in [1.29, 1.82) is 0 Å². The Hall–Kier alpha value is -0.0800. The predicted molar refractivity (Wildman–Crippen MR) is 71.8 cm³/mol. The molecular weight excluding hydrogens is 208 g/mol. The molecule has 17 heavy (non-hydrogen) atoms. The van der Waals surface area contributed by atoms with E-state index in [1.165, 1.54) is 38.5 Å². The molecule has 4 rings (SSSR count). The van der Waals surface area contributed by atoms with Crippen molar-refractivity contribution < 1.29 is 0 Å². The highest BCUT2D eigenvalue weighted by Gasteiger charge is 2.54. The fourth-order valence-electron chi connectivity index (χ4n) is 5.70. The third kappa shape index (κ3) is 1.84. The van der Waals surface area contributed by atoms with E-state index in [1.807, 2.05) is 0 Å². The topological polar surface area (TPSA) is 29.3 Å². The van der Waals surface area contributed by atoms with E-state index in [4.69, 9.17) is 5.73 Å². The Labute approximate surface area is 106 Å². The minimum Gasteiger partial charge on any atom is -0.329 e. The van der Waals surface area contributed by atoms with Crippen LogP contribution in [-0.2, 0) is 0 Å². The lowest BCUT2D eigenvalue weighted by atomic mass is 9.47. The second-order valence-corrected chi connectivity index (χ2v) is 7.10. The highest BCUT2D eigenvalue weighted by molar-refractivity contribution is 5.06. The number of likely N-dealkylation sites (N-methyl/N-ethyl adjacent to an activating group) is 1. The Morgan fingerprint density at radius 3 is 1.94 bits per heavy atom. The molecule has 0 spiro atoms. The smallest absolute Gasteiger partial charge is 0.0271 e. The van der Waals surface area contributed by atoms with E-state index in [2.05, 4.69) is 18.9 Å². The molecule has 0 aromatic heterocycles. The number of hydrogen-bond acceptors (Lipinski definition) is 2. The first-order valence-corrected chi connectivity index (χ1v) is 7.57. The fourth-order valence-corrected chi connectivity index (χ4v) is 5.70. The highest BCUT2D eigenvalue weighted by Crippen LogP contribution is 2.61. The predicted octanol–water partition coefficient (Wildman–Crippen LogP) is 2.48. The summed E-state index contributed by atoms with van der Waals surface area (Å²) in [6.45, 7) is 4.27. The molecule has 4 aliphatic rings. The Kier molecular flexibility index (Phi) is 2.99. The SMILES string of the molecule is CCN(C)C(CN)C12CC3CC(CC(C3)C1)C2. The zero-order valence-electron chi connectivity index (χ0n) is 11.5. The molecule has 2 N–H and O–H groups in total. The van der Waals surface area contributed by atoms with E-state index in [0.717, 1.165) is 30.8 Å². The molecule has 0 aliphatic heterocycles. The summed E-state index contributed by atoms with van der Waals surface area (Å²) >= 11 is 0. The first kappa shape index (κ1) is 12.0. The summed E-state index contributed by atoms with van der Waals surface area (Å²) in [4.78, 5) is 2.52. The molecule has 4 bridgehead atoms. The van der Waals surface area contributed by atoms with Crippen LogP contribution in [0.25, 0.3) is 0 Å². The molecule has 4 aliphatic carbocycles. The third-order valence-corrected chi connectivity index (χ3v) is 6.05. The number of nitrogens with zero attached hydrogens (tertiary/aromatic N) is 1. The molecule has 2 heteroatoms. The normalized spacial score (nSPS) is 45.5. The second kappa shape index (κ2) is 4.24. The lowest BCUT2D eigenvalue weighted by Gasteiger charge is -2.60. The summed E-state index contributed by atoms with van der Waals surface area (Å²) in [6, 6.07) is 0.640. The van der Waals surface area contributed by atoms with Crippen LogP contribution in [0.4, 0.5) is 0 Å². The van der Waals surface area contributed by atoms with Crippen molar-refractivity contribution in [2.75, 3.05) is 20.1 Å². The zero-order valence-corrected chi connectivity index (χ0v) is 11.5. The van der Waals surface area contributed by atoms with Crippen molar-refractivity contribution >= 4 is 0 Å². The third-order valence-electron chi connectivity index (χ3n) is 6.05. The van der Waals surface area contributed by atoms with E-state index < -0.39 is 0 Å². The Bertz CT molecular complexity index is 251. The van der Waals surface area contributed by atoms with Gasteiger partial charge in [0.1, 0.15) is 0 Å². The van der Waals surface area contributed by atoms with Gasteiger partial charge in [0.2, 0.25) is 0 Å². The molecule has 0 amide bonds. The quantitative estimate of drug-likeness (QED) is 0.812. The Morgan fingerprint density at radius 2 is 1.59 bits per heavy atom. The lowest BCUT2D eigenvalue weighted by Crippen LogP contribution is -2.58. The van der Waals surface area contributed by atoms with Crippen LogP contribution in [-0.4, -0.2) is 31.1 Å². The molecule has 0 saturated heterocycles. The van der Waals surface area contributed by atoms with Crippen LogP contribution < -0.4 is 5.73 Å². The molecule has 0 heterocycles. The van der Waals surface area contributed by atoms with Gasteiger partial charge in [-0.2, -0.15) is 0 Å². The van der Waals surface area contributed by atoms with Crippen molar-refractivity contribution in [3.05, 3.63) is 0 Å². The van der Waals surface area contributed by atoms with E-state index in [1.54, 1.807) is 0 Å². The van der Waals surface area contributed by atoms with Crippen LogP contribution in [0.2, 0.25) is 0 Å².